The number of rotatable bonds is 1. The third-order valence-corrected chi connectivity index (χ3v) is 14.1. The van der Waals surface area contributed by atoms with Crippen LogP contribution in [0.5, 0.6) is 0 Å². The standard InChI is InChI=1S/C18H23Br3/c1-13(2)15(4)14(3,12-10-8-7-9-11-12)17(6,20)18(15,21)16(13,5)19/h7-11H,1-6H3. The van der Waals surface area contributed by atoms with Crippen LogP contribution in [0.25, 0.3) is 0 Å². The molecule has 1 aromatic carbocycles. The maximum absolute atomic E-state index is 4.17. The Bertz CT molecular complexity index is 604. The van der Waals surface area contributed by atoms with Crippen LogP contribution in [-0.2, 0) is 5.41 Å². The van der Waals surface area contributed by atoms with Crippen LogP contribution in [0.1, 0.15) is 47.1 Å². The Hall–Kier alpha value is 0.660. The van der Waals surface area contributed by atoms with Crippen molar-refractivity contribution in [1.82, 2.24) is 0 Å². The van der Waals surface area contributed by atoms with E-state index in [1.165, 1.54) is 5.56 Å². The fourth-order valence-electron chi connectivity index (χ4n) is 5.70. The van der Waals surface area contributed by atoms with E-state index in [0.29, 0.717) is 0 Å². The molecule has 3 rings (SSSR count). The Morgan fingerprint density at radius 2 is 1.19 bits per heavy atom. The average Bonchev–Trinajstić information content (AvgIpc) is 2.43. The van der Waals surface area contributed by atoms with E-state index in [9.17, 15) is 0 Å². The van der Waals surface area contributed by atoms with Gasteiger partial charge in [0, 0.05) is 15.2 Å². The fraction of sp³-hybridized carbons (Fsp3) is 0.667. The summed E-state index contributed by atoms with van der Waals surface area (Å²) in [5, 5.41) is 0. The van der Waals surface area contributed by atoms with Crippen LogP contribution in [0, 0.1) is 10.8 Å². The highest BCUT2D eigenvalue weighted by atomic mass is 79.9. The molecular weight excluding hydrogens is 456 g/mol. The molecule has 0 aliphatic heterocycles. The quantitative estimate of drug-likeness (QED) is 0.407. The Morgan fingerprint density at radius 3 is 1.67 bits per heavy atom. The highest BCUT2D eigenvalue weighted by Crippen LogP contribution is 2.93. The predicted molar refractivity (Wildman–Crippen MR) is 102 cm³/mol. The maximum atomic E-state index is 4.17. The van der Waals surface area contributed by atoms with E-state index in [1.54, 1.807) is 0 Å². The van der Waals surface area contributed by atoms with Gasteiger partial charge in [0.1, 0.15) is 0 Å². The lowest BCUT2D eigenvalue weighted by Crippen LogP contribution is -3.00. The molecule has 5 atom stereocenters. The van der Waals surface area contributed by atoms with Gasteiger partial charge in [0.15, 0.2) is 0 Å². The molecule has 3 heteroatoms. The Morgan fingerprint density at radius 1 is 0.714 bits per heavy atom. The molecule has 0 spiro atoms. The third kappa shape index (κ3) is 1.19. The summed E-state index contributed by atoms with van der Waals surface area (Å²) in [5.74, 6) is 0. The second-order valence-corrected chi connectivity index (χ2v) is 12.3. The van der Waals surface area contributed by atoms with E-state index in [0.717, 1.165) is 0 Å². The largest absolute Gasteiger partial charge is 0.0834 e. The lowest BCUT2D eigenvalue weighted by atomic mass is 9.20. The number of hydrogen-bond acceptors (Lipinski definition) is 0. The van der Waals surface area contributed by atoms with Crippen LogP contribution in [0.2, 0.25) is 0 Å². The molecule has 2 saturated carbocycles. The van der Waals surface area contributed by atoms with E-state index in [1.807, 2.05) is 0 Å². The van der Waals surface area contributed by atoms with Crippen LogP contribution in [0.3, 0.4) is 0 Å². The zero-order valence-corrected chi connectivity index (χ0v) is 18.3. The predicted octanol–water partition coefficient (Wildman–Crippen LogP) is 6.44. The number of fused-ring (bicyclic) bond motifs is 1. The van der Waals surface area contributed by atoms with Crippen molar-refractivity contribution in [3.63, 3.8) is 0 Å². The third-order valence-electron chi connectivity index (χ3n) is 7.70. The van der Waals surface area contributed by atoms with Crippen molar-refractivity contribution < 1.29 is 0 Å². The molecule has 2 fully saturated rings. The minimum absolute atomic E-state index is 0.00803. The zero-order chi connectivity index (χ0) is 16.1. The van der Waals surface area contributed by atoms with Gasteiger partial charge in [0.05, 0.1) is 8.65 Å². The van der Waals surface area contributed by atoms with Crippen LogP contribution in [0.4, 0.5) is 0 Å². The molecule has 2 aliphatic carbocycles. The minimum Gasteiger partial charge on any atom is -0.0834 e. The molecule has 1 aromatic rings. The van der Waals surface area contributed by atoms with E-state index in [2.05, 4.69) is 120 Å². The summed E-state index contributed by atoms with van der Waals surface area (Å²) in [6, 6.07) is 11.0. The van der Waals surface area contributed by atoms with Crippen LogP contribution < -0.4 is 0 Å². The Balaban J connectivity index is 2.28. The molecule has 0 N–H and O–H groups in total. The Labute approximate surface area is 153 Å². The Kier molecular flexibility index (Phi) is 3.15. The molecular formula is C18H23Br3. The van der Waals surface area contributed by atoms with Gasteiger partial charge in [-0.15, -0.1) is 0 Å². The molecule has 5 unspecified atom stereocenters. The molecule has 21 heavy (non-hydrogen) atoms. The van der Waals surface area contributed by atoms with Gasteiger partial charge in [-0.25, -0.2) is 0 Å². The topological polar surface area (TPSA) is 0 Å². The van der Waals surface area contributed by atoms with Crippen LogP contribution in [0.15, 0.2) is 30.3 Å². The number of hydrogen-bond donors (Lipinski definition) is 0. The van der Waals surface area contributed by atoms with Gasteiger partial charge in [-0.05, 0) is 24.8 Å². The number of halogens is 3. The zero-order valence-electron chi connectivity index (χ0n) is 13.5. The summed E-state index contributed by atoms with van der Waals surface area (Å²) in [7, 11) is 0. The van der Waals surface area contributed by atoms with E-state index >= 15 is 0 Å². The van der Waals surface area contributed by atoms with Gasteiger partial charge in [0.25, 0.3) is 0 Å². The van der Waals surface area contributed by atoms with E-state index in [-0.39, 0.29) is 29.2 Å². The highest BCUT2D eigenvalue weighted by Gasteiger charge is 2.97. The monoisotopic (exact) mass is 476 g/mol. The molecule has 0 aromatic heterocycles. The van der Waals surface area contributed by atoms with Crippen LogP contribution in [-0.4, -0.2) is 13.0 Å². The normalized spacial score (nSPS) is 54.3. The van der Waals surface area contributed by atoms with Crippen molar-refractivity contribution >= 4 is 47.8 Å². The lowest BCUT2D eigenvalue weighted by molar-refractivity contribution is -0.261. The molecule has 0 heterocycles. The molecule has 0 nitrogen and oxygen atoms in total. The first-order valence-corrected chi connectivity index (χ1v) is 9.86. The number of benzene rings is 1. The molecule has 0 radical (unpaired) electrons. The summed E-state index contributed by atoms with van der Waals surface area (Å²) in [6.45, 7) is 14.3. The molecule has 2 aliphatic rings. The first-order chi connectivity index (χ1) is 9.36. The van der Waals surface area contributed by atoms with Crippen molar-refractivity contribution in [1.29, 1.82) is 0 Å². The highest BCUT2D eigenvalue weighted by molar-refractivity contribution is 9.14. The SMILES string of the molecule is CC1(C)C(C)(Br)C2(Br)C(C)(Br)C(C)(c3ccccc3)C12C. The number of alkyl halides is 3. The van der Waals surface area contributed by atoms with Gasteiger partial charge < -0.3 is 0 Å². The van der Waals surface area contributed by atoms with Gasteiger partial charge in [0.2, 0.25) is 0 Å². The molecule has 0 bridgehead atoms. The molecule has 0 saturated heterocycles. The summed E-state index contributed by atoms with van der Waals surface area (Å²) < 4.78 is 0.0131. The van der Waals surface area contributed by atoms with Crippen molar-refractivity contribution in [2.24, 2.45) is 10.8 Å². The summed E-state index contributed by atoms with van der Waals surface area (Å²) in [5.41, 5.74) is 1.78. The molecule has 0 amide bonds. The van der Waals surface area contributed by atoms with Crippen molar-refractivity contribution in [2.75, 3.05) is 0 Å². The second-order valence-electron chi connectivity index (χ2n) is 7.91. The summed E-state index contributed by atoms with van der Waals surface area (Å²) >= 11 is 12.3. The first-order valence-electron chi connectivity index (χ1n) is 7.48. The van der Waals surface area contributed by atoms with Gasteiger partial charge in [-0.3, -0.25) is 0 Å². The summed E-state index contributed by atoms with van der Waals surface area (Å²) in [4.78, 5) is 0. The van der Waals surface area contributed by atoms with Crippen molar-refractivity contribution in [3.8, 4) is 0 Å². The van der Waals surface area contributed by atoms with E-state index < -0.39 is 0 Å². The van der Waals surface area contributed by atoms with Crippen molar-refractivity contribution in [3.05, 3.63) is 35.9 Å². The lowest BCUT2D eigenvalue weighted by Gasteiger charge is -2.93. The van der Waals surface area contributed by atoms with Gasteiger partial charge in [-0.2, -0.15) is 0 Å². The fourth-order valence-corrected chi connectivity index (χ4v) is 10.4. The first kappa shape index (κ1) is 16.5. The van der Waals surface area contributed by atoms with E-state index in [4.69, 9.17) is 0 Å². The molecule has 116 valence electrons. The van der Waals surface area contributed by atoms with Crippen molar-refractivity contribution in [2.45, 2.75) is 59.9 Å². The smallest absolute Gasteiger partial charge is 0.0640 e. The maximum Gasteiger partial charge on any atom is 0.0640 e. The van der Waals surface area contributed by atoms with Gasteiger partial charge >= 0.3 is 0 Å². The minimum atomic E-state index is -0.0309. The summed E-state index contributed by atoms with van der Waals surface area (Å²) in [6.07, 6.45) is 0. The van der Waals surface area contributed by atoms with Crippen LogP contribution >= 0.6 is 47.8 Å². The second kappa shape index (κ2) is 4.00. The average molecular weight is 479 g/mol. The van der Waals surface area contributed by atoms with Gasteiger partial charge in [-0.1, -0.05) is 106 Å².